The lowest BCUT2D eigenvalue weighted by Crippen LogP contribution is -2.08. The zero-order chi connectivity index (χ0) is 15.1. The van der Waals surface area contributed by atoms with Crippen LogP contribution in [0, 0.1) is 0 Å². The molecule has 2 aromatic rings. The molecule has 0 fully saturated rings. The first-order valence-electron chi connectivity index (χ1n) is 5.69. The van der Waals surface area contributed by atoms with Gasteiger partial charge in [0.05, 0.1) is 11.7 Å². The van der Waals surface area contributed by atoms with Crippen LogP contribution in [-0.2, 0) is 10.2 Å². The predicted molar refractivity (Wildman–Crippen MR) is 76.0 cm³/mol. The fourth-order valence-corrected chi connectivity index (χ4v) is 3.04. The van der Waals surface area contributed by atoms with Crippen LogP contribution >= 0.6 is 24.0 Å². The van der Waals surface area contributed by atoms with Crippen molar-refractivity contribution in [1.82, 2.24) is 0 Å². The van der Waals surface area contributed by atoms with Crippen molar-refractivity contribution in [2.75, 3.05) is 0 Å². The van der Waals surface area contributed by atoms with Gasteiger partial charge in [0.2, 0.25) is 0 Å². The molecule has 0 heterocycles. The van der Waals surface area contributed by atoms with Gasteiger partial charge in [-0.2, -0.15) is 4.89 Å². The molecule has 0 aliphatic heterocycles. The SMILES string of the molecule is CC(O)c1ccc2cc(Br)c(C(F)(F)[P+](=O)O)cc2c1. The van der Waals surface area contributed by atoms with Gasteiger partial charge in [-0.25, -0.2) is 0 Å². The quantitative estimate of drug-likeness (QED) is 0.792. The van der Waals surface area contributed by atoms with Crippen LogP contribution in [0.3, 0.4) is 0 Å². The molecule has 2 aromatic carbocycles. The van der Waals surface area contributed by atoms with E-state index in [2.05, 4.69) is 15.9 Å². The van der Waals surface area contributed by atoms with Gasteiger partial charge < -0.3 is 5.11 Å². The highest BCUT2D eigenvalue weighted by Gasteiger charge is 2.54. The van der Waals surface area contributed by atoms with Crippen LogP contribution in [0.4, 0.5) is 8.78 Å². The summed E-state index contributed by atoms with van der Waals surface area (Å²) in [7, 11) is -3.67. The maximum Gasteiger partial charge on any atom is 0.589 e. The van der Waals surface area contributed by atoms with Crippen molar-refractivity contribution in [1.29, 1.82) is 0 Å². The number of halogens is 3. The van der Waals surface area contributed by atoms with Crippen molar-refractivity contribution in [3.8, 4) is 0 Å². The van der Waals surface area contributed by atoms with Crippen molar-refractivity contribution in [3.05, 3.63) is 45.9 Å². The zero-order valence-electron chi connectivity index (χ0n) is 10.3. The summed E-state index contributed by atoms with van der Waals surface area (Å²) in [5.74, 6) is 0. The molecular weight excluding hydrogens is 353 g/mol. The van der Waals surface area contributed by atoms with Crippen LogP contribution in [0.15, 0.2) is 34.8 Å². The lowest BCUT2D eigenvalue weighted by Gasteiger charge is -2.10. The van der Waals surface area contributed by atoms with E-state index in [1.165, 1.54) is 6.07 Å². The molecule has 0 bridgehead atoms. The van der Waals surface area contributed by atoms with Gasteiger partial charge in [0, 0.05) is 4.47 Å². The summed E-state index contributed by atoms with van der Waals surface area (Å²) >= 11 is 3.00. The molecule has 0 saturated heterocycles. The van der Waals surface area contributed by atoms with E-state index in [0.29, 0.717) is 16.3 Å². The molecule has 2 N–H and O–H groups in total. The minimum absolute atomic E-state index is 0.0668. The highest BCUT2D eigenvalue weighted by molar-refractivity contribution is 9.10. The van der Waals surface area contributed by atoms with E-state index in [1.54, 1.807) is 25.1 Å². The number of fused-ring (bicyclic) bond motifs is 1. The third kappa shape index (κ3) is 2.74. The Morgan fingerprint density at radius 2 is 1.90 bits per heavy atom. The number of aliphatic hydroxyl groups excluding tert-OH is 1. The van der Waals surface area contributed by atoms with Gasteiger partial charge in [-0.15, -0.1) is 8.78 Å². The van der Waals surface area contributed by atoms with Gasteiger partial charge in [-0.05, 0) is 46.0 Å². The second kappa shape index (κ2) is 5.45. The predicted octanol–water partition coefficient (Wildman–Crippen LogP) is 4.44. The van der Waals surface area contributed by atoms with Crippen molar-refractivity contribution in [3.63, 3.8) is 0 Å². The fourth-order valence-electron chi connectivity index (χ4n) is 1.88. The molecule has 0 amide bonds. The van der Waals surface area contributed by atoms with Crippen molar-refractivity contribution < 1.29 is 23.3 Å². The molecule has 0 spiro atoms. The second-order valence-corrected chi connectivity index (χ2v) is 6.39. The van der Waals surface area contributed by atoms with Crippen LogP contribution < -0.4 is 0 Å². The topological polar surface area (TPSA) is 57.5 Å². The smallest absolute Gasteiger partial charge is 0.389 e. The maximum atomic E-state index is 13.7. The molecule has 0 aromatic heterocycles. The van der Waals surface area contributed by atoms with Crippen LogP contribution in [0.1, 0.15) is 24.2 Å². The summed E-state index contributed by atoms with van der Waals surface area (Å²) in [6, 6.07) is 7.60. The van der Waals surface area contributed by atoms with Gasteiger partial charge in [-0.3, -0.25) is 0 Å². The molecular formula is C13H11BrF2O3P+. The number of hydrogen-bond donors (Lipinski definition) is 2. The lowest BCUT2D eigenvalue weighted by molar-refractivity contribution is 0.0808. The third-order valence-corrected chi connectivity index (χ3v) is 4.37. The molecule has 2 rings (SSSR count). The Bertz CT molecular complexity index is 689. The summed E-state index contributed by atoms with van der Waals surface area (Å²) in [5.41, 5.74) is -3.79. The van der Waals surface area contributed by atoms with Crippen LogP contribution in [0.2, 0.25) is 0 Å². The van der Waals surface area contributed by atoms with Crippen molar-refractivity contribution in [2.45, 2.75) is 18.7 Å². The molecule has 106 valence electrons. The van der Waals surface area contributed by atoms with E-state index in [4.69, 9.17) is 4.89 Å². The monoisotopic (exact) mass is 363 g/mol. The van der Waals surface area contributed by atoms with Gasteiger partial charge in [0.25, 0.3) is 0 Å². The minimum atomic E-state index is -3.83. The van der Waals surface area contributed by atoms with Gasteiger partial charge >= 0.3 is 13.7 Å². The summed E-state index contributed by atoms with van der Waals surface area (Å²) in [6.07, 6.45) is -0.721. The molecule has 2 atom stereocenters. The summed E-state index contributed by atoms with van der Waals surface area (Å²) in [6.45, 7) is 1.57. The number of hydrogen-bond acceptors (Lipinski definition) is 2. The normalized spacial score (nSPS) is 14.4. The molecule has 0 aliphatic carbocycles. The van der Waals surface area contributed by atoms with Crippen molar-refractivity contribution >= 4 is 34.7 Å². The minimum Gasteiger partial charge on any atom is -0.389 e. The average Bonchev–Trinajstić information content (AvgIpc) is 2.36. The first kappa shape index (κ1) is 15.4. The number of alkyl halides is 2. The molecule has 20 heavy (non-hydrogen) atoms. The molecule has 0 aliphatic rings. The molecule has 3 nitrogen and oxygen atoms in total. The van der Waals surface area contributed by atoms with Crippen LogP contribution in [0.25, 0.3) is 10.8 Å². The van der Waals surface area contributed by atoms with E-state index in [0.717, 1.165) is 6.07 Å². The Kier molecular flexibility index (Phi) is 4.21. The fraction of sp³-hybridized carbons (Fsp3) is 0.231. The largest absolute Gasteiger partial charge is 0.589 e. The zero-order valence-corrected chi connectivity index (χ0v) is 12.8. The van der Waals surface area contributed by atoms with Crippen LogP contribution in [-0.4, -0.2) is 10.00 Å². The van der Waals surface area contributed by atoms with Crippen LogP contribution in [0.5, 0.6) is 0 Å². The standard InChI is InChI=1S/C13H10BrF2O3P/c1-7(17)8-2-3-9-6-12(14)11(5-10(9)4-8)13(15,16)20(18)19/h2-7,17H,1H3/p+1. The molecule has 7 heteroatoms. The number of aliphatic hydroxyl groups is 1. The Hall–Kier alpha value is -0.940. The van der Waals surface area contributed by atoms with Gasteiger partial charge in [-0.1, -0.05) is 28.1 Å². The highest BCUT2D eigenvalue weighted by Crippen LogP contribution is 2.50. The van der Waals surface area contributed by atoms with E-state index in [9.17, 15) is 18.5 Å². The Morgan fingerprint density at radius 1 is 1.25 bits per heavy atom. The third-order valence-electron chi connectivity index (χ3n) is 3.00. The Morgan fingerprint density at radius 3 is 2.45 bits per heavy atom. The maximum absolute atomic E-state index is 13.7. The Labute approximate surface area is 123 Å². The summed E-state index contributed by atoms with van der Waals surface area (Å²) in [5, 5.41) is 10.7. The van der Waals surface area contributed by atoms with Crippen molar-refractivity contribution in [2.24, 2.45) is 0 Å². The van der Waals surface area contributed by atoms with E-state index in [-0.39, 0.29) is 4.47 Å². The molecule has 0 radical (unpaired) electrons. The number of rotatable bonds is 3. The average molecular weight is 364 g/mol. The van der Waals surface area contributed by atoms with Gasteiger partial charge in [0.15, 0.2) is 0 Å². The van der Waals surface area contributed by atoms with E-state index >= 15 is 0 Å². The first-order valence-corrected chi connectivity index (χ1v) is 7.70. The van der Waals surface area contributed by atoms with E-state index in [1.807, 2.05) is 0 Å². The molecule has 0 saturated carbocycles. The lowest BCUT2D eigenvalue weighted by atomic mass is 10.0. The van der Waals surface area contributed by atoms with Gasteiger partial charge in [0.1, 0.15) is 0 Å². The van der Waals surface area contributed by atoms with E-state index < -0.39 is 25.4 Å². The second-order valence-electron chi connectivity index (χ2n) is 4.43. The first-order chi connectivity index (χ1) is 9.23. The summed E-state index contributed by atoms with van der Waals surface area (Å²) in [4.78, 5) is 8.77. The highest BCUT2D eigenvalue weighted by atomic mass is 79.9. The molecule has 2 unspecified atom stereocenters. The summed E-state index contributed by atoms with van der Waals surface area (Å²) < 4.78 is 38.3. The Balaban J connectivity index is 2.68. The number of benzene rings is 2.